The van der Waals surface area contributed by atoms with Crippen molar-refractivity contribution in [3.63, 3.8) is 0 Å². The second-order valence-corrected chi connectivity index (χ2v) is 7.55. The molecule has 0 saturated heterocycles. The Morgan fingerprint density at radius 3 is 2.41 bits per heavy atom. The molecule has 0 aromatic heterocycles. The van der Waals surface area contributed by atoms with Gasteiger partial charge in [0, 0.05) is 22.9 Å². The maximum Gasteiger partial charge on any atom is 0.272 e. The standard InChI is InChI=1S/C25H24N4O5/c1-16-13-20(9-12-23(16)29(32)33)25(31)28-27-17(2)19-5-4-6-21(15-19)26-24(30)14-18-7-10-22(34-3)11-8-18/h4-13,15H,14H2,1-3H3,(H,26,30)(H,28,31)/b27-17+. The minimum Gasteiger partial charge on any atom is -0.497 e. The number of hydrogen-bond acceptors (Lipinski definition) is 6. The lowest BCUT2D eigenvalue weighted by atomic mass is 10.1. The summed E-state index contributed by atoms with van der Waals surface area (Å²) in [5.41, 5.74) is 5.75. The van der Waals surface area contributed by atoms with Gasteiger partial charge in [-0.1, -0.05) is 24.3 Å². The number of hydrogen-bond donors (Lipinski definition) is 2. The Balaban J connectivity index is 1.63. The summed E-state index contributed by atoms with van der Waals surface area (Å²) in [6, 6.07) is 18.5. The lowest BCUT2D eigenvalue weighted by molar-refractivity contribution is -0.385. The topological polar surface area (TPSA) is 123 Å². The highest BCUT2D eigenvalue weighted by molar-refractivity contribution is 6.02. The fourth-order valence-electron chi connectivity index (χ4n) is 3.22. The van der Waals surface area contributed by atoms with Crippen LogP contribution in [0.15, 0.2) is 71.8 Å². The van der Waals surface area contributed by atoms with Gasteiger partial charge in [-0.15, -0.1) is 0 Å². The van der Waals surface area contributed by atoms with Crippen LogP contribution in [-0.4, -0.2) is 29.6 Å². The maximum absolute atomic E-state index is 12.4. The van der Waals surface area contributed by atoms with Gasteiger partial charge in [0.15, 0.2) is 0 Å². The molecule has 0 unspecified atom stereocenters. The zero-order valence-corrected chi connectivity index (χ0v) is 19.0. The fourth-order valence-corrected chi connectivity index (χ4v) is 3.22. The molecule has 34 heavy (non-hydrogen) atoms. The van der Waals surface area contributed by atoms with Crippen LogP contribution in [0.5, 0.6) is 5.75 Å². The third-order valence-electron chi connectivity index (χ3n) is 5.07. The Bertz CT molecular complexity index is 1250. The molecule has 0 bridgehead atoms. The molecule has 9 nitrogen and oxygen atoms in total. The number of carbonyl (C=O) groups is 2. The van der Waals surface area contributed by atoms with Gasteiger partial charge in [-0.2, -0.15) is 5.10 Å². The van der Waals surface area contributed by atoms with Crippen LogP contribution in [0.1, 0.15) is 34.0 Å². The van der Waals surface area contributed by atoms with Crippen molar-refractivity contribution in [2.45, 2.75) is 20.3 Å². The Labute approximate surface area is 196 Å². The van der Waals surface area contributed by atoms with E-state index in [0.717, 1.165) is 11.3 Å². The SMILES string of the molecule is COc1ccc(CC(=O)Nc2cccc(/C(C)=N/NC(=O)c3ccc([N+](=O)[O-])c(C)c3)c2)cc1. The molecular formula is C25H24N4O5. The largest absolute Gasteiger partial charge is 0.497 e. The van der Waals surface area contributed by atoms with Gasteiger partial charge in [0.25, 0.3) is 11.6 Å². The summed E-state index contributed by atoms with van der Waals surface area (Å²) in [5.74, 6) is 0.0717. The summed E-state index contributed by atoms with van der Waals surface area (Å²) < 4.78 is 5.12. The summed E-state index contributed by atoms with van der Waals surface area (Å²) in [7, 11) is 1.59. The van der Waals surface area contributed by atoms with Gasteiger partial charge in [0.1, 0.15) is 5.75 Å². The van der Waals surface area contributed by atoms with Crippen molar-refractivity contribution < 1.29 is 19.2 Å². The summed E-state index contributed by atoms with van der Waals surface area (Å²) in [5, 5.41) is 17.9. The lowest BCUT2D eigenvalue weighted by Gasteiger charge is -2.09. The van der Waals surface area contributed by atoms with Crippen LogP contribution in [0.2, 0.25) is 0 Å². The maximum atomic E-state index is 12.4. The van der Waals surface area contributed by atoms with E-state index in [1.807, 2.05) is 12.1 Å². The first kappa shape index (κ1) is 24.1. The molecule has 0 aliphatic heterocycles. The number of nitro groups is 1. The van der Waals surface area contributed by atoms with E-state index in [1.54, 1.807) is 57.4 Å². The first-order valence-electron chi connectivity index (χ1n) is 10.4. The molecule has 9 heteroatoms. The van der Waals surface area contributed by atoms with Crippen molar-refractivity contribution in [2.24, 2.45) is 5.10 Å². The van der Waals surface area contributed by atoms with Gasteiger partial charge in [-0.25, -0.2) is 5.43 Å². The molecule has 0 aliphatic carbocycles. The molecule has 0 aliphatic rings. The van der Waals surface area contributed by atoms with Crippen molar-refractivity contribution in [2.75, 3.05) is 12.4 Å². The van der Waals surface area contributed by atoms with Gasteiger partial charge in [-0.05, 0) is 61.4 Å². The Morgan fingerprint density at radius 2 is 1.76 bits per heavy atom. The Morgan fingerprint density at radius 1 is 1.03 bits per heavy atom. The van der Waals surface area contributed by atoms with Crippen LogP contribution in [0.25, 0.3) is 0 Å². The molecular weight excluding hydrogens is 436 g/mol. The van der Waals surface area contributed by atoms with E-state index in [1.165, 1.54) is 18.2 Å². The summed E-state index contributed by atoms with van der Waals surface area (Å²) >= 11 is 0. The van der Waals surface area contributed by atoms with Gasteiger partial charge >= 0.3 is 0 Å². The van der Waals surface area contributed by atoms with Gasteiger partial charge in [0.2, 0.25) is 5.91 Å². The van der Waals surface area contributed by atoms with E-state index >= 15 is 0 Å². The zero-order chi connectivity index (χ0) is 24.7. The zero-order valence-electron chi connectivity index (χ0n) is 19.0. The number of carbonyl (C=O) groups excluding carboxylic acids is 2. The van der Waals surface area contributed by atoms with Crippen LogP contribution < -0.4 is 15.5 Å². The molecule has 0 spiro atoms. The number of nitrogens with zero attached hydrogens (tertiary/aromatic N) is 2. The molecule has 0 atom stereocenters. The van der Waals surface area contributed by atoms with Crippen LogP contribution in [0, 0.1) is 17.0 Å². The van der Waals surface area contributed by atoms with Crippen molar-refractivity contribution in [1.82, 2.24) is 5.43 Å². The molecule has 0 fully saturated rings. The monoisotopic (exact) mass is 460 g/mol. The smallest absolute Gasteiger partial charge is 0.272 e. The summed E-state index contributed by atoms with van der Waals surface area (Å²) in [4.78, 5) is 35.2. The normalized spacial score (nSPS) is 11.0. The molecule has 0 saturated carbocycles. The number of anilines is 1. The lowest BCUT2D eigenvalue weighted by Crippen LogP contribution is -2.19. The number of ether oxygens (including phenoxy) is 1. The first-order chi connectivity index (χ1) is 16.3. The summed E-state index contributed by atoms with van der Waals surface area (Å²) in [6.07, 6.45) is 0.214. The van der Waals surface area contributed by atoms with Gasteiger partial charge in [0.05, 0.1) is 24.2 Å². The minimum atomic E-state index is -0.498. The van der Waals surface area contributed by atoms with E-state index in [-0.39, 0.29) is 23.6 Å². The Kier molecular flexibility index (Phi) is 7.71. The van der Waals surface area contributed by atoms with Crippen molar-refractivity contribution in [3.05, 3.63) is 99.1 Å². The predicted octanol–water partition coefficient (Wildman–Crippen LogP) is 4.25. The molecule has 0 radical (unpaired) electrons. The fraction of sp³-hybridized carbons (Fsp3) is 0.160. The number of nitro benzene ring substituents is 1. The first-order valence-corrected chi connectivity index (χ1v) is 10.4. The highest BCUT2D eigenvalue weighted by atomic mass is 16.6. The van der Waals surface area contributed by atoms with E-state index in [4.69, 9.17) is 4.74 Å². The second-order valence-electron chi connectivity index (χ2n) is 7.55. The van der Waals surface area contributed by atoms with E-state index in [9.17, 15) is 19.7 Å². The number of hydrazone groups is 1. The second kappa shape index (κ2) is 10.9. The molecule has 3 aromatic rings. The predicted molar refractivity (Wildman–Crippen MR) is 129 cm³/mol. The van der Waals surface area contributed by atoms with Crippen LogP contribution in [0.3, 0.4) is 0 Å². The van der Waals surface area contributed by atoms with Gasteiger partial charge in [-0.3, -0.25) is 19.7 Å². The van der Waals surface area contributed by atoms with E-state index in [2.05, 4.69) is 15.8 Å². The third kappa shape index (κ3) is 6.26. The number of methoxy groups -OCH3 is 1. The molecule has 174 valence electrons. The molecule has 0 heterocycles. The highest BCUT2D eigenvalue weighted by Crippen LogP contribution is 2.19. The van der Waals surface area contributed by atoms with Crippen molar-refractivity contribution >= 4 is 28.9 Å². The van der Waals surface area contributed by atoms with Crippen molar-refractivity contribution in [3.8, 4) is 5.75 Å². The minimum absolute atomic E-state index is 0.0536. The van der Waals surface area contributed by atoms with E-state index < -0.39 is 10.8 Å². The molecule has 3 aromatic carbocycles. The third-order valence-corrected chi connectivity index (χ3v) is 5.07. The van der Waals surface area contributed by atoms with Crippen LogP contribution >= 0.6 is 0 Å². The van der Waals surface area contributed by atoms with Crippen molar-refractivity contribution in [1.29, 1.82) is 0 Å². The van der Waals surface area contributed by atoms with Gasteiger partial charge < -0.3 is 10.1 Å². The number of benzene rings is 3. The van der Waals surface area contributed by atoms with Crippen LogP contribution in [-0.2, 0) is 11.2 Å². The van der Waals surface area contributed by atoms with Crippen LogP contribution in [0.4, 0.5) is 11.4 Å². The highest BCUT2D eigenvalue weighted by Gasteiger charge is 2.14. The Hall–Kier alpha value is -4.53. The average molecular weight is 460 g/mol. The quantitative estimate of drug-likeness (QED) is 0.296. The molecule has 3 rings (SSSR count). The molecule has 2 amide bonds. The number of nitrogens with one attached hydrogen (secondary N) is 2. The molecule has 2 N–H and O–H groups in total. The van der Waals surface area contributed by atoms with E-state index in [0.29, 0.717) is 22.5 Å². The summed E-state index contributed by atoms with van der Waals surface area (Å²) in [6.45, 7) is 3.29. The average Bonchev–Trinajstić information content (AvgIpc) is 2.82. The number of rotatable bonds is 8. The number of aryl methyl sites for hydroxylation is 1. The number of amides is 2.